The van der Waals surface area contributed by atoms with Crippen LogP contribution in [-0.2, 0) is 27.7 Å². The van der Waals surface area contributed by atoms with Gasteiger partial charge in [0.05, 0.1) is 16.7 Å². The van der Waals surface area contributed by atoms with Crippen molar-refractivity contribution in [2.24, 2.45) is 0 Å². The van der Waals surface area contributed by atoms with E-state index in [1.54, 1.807) is 35.2 Å². The number of nitrogens with one attached hydrogen (secondary N) is 1. The van der Waals surface area contributed by atoms with Crippen molar-refractivity contribution >= 4 is 21.6 Å². The van der Waals surface area contributed by atoms with Crippen molar-refractivity contribution in [1.29, 1.82) is 0 Å². The molecule has 0 spiro atoms. The van der Waals surface area contributed by atoms with Crippen LogP contribution in [0.5, 0.6) is 11.5 Å². The molecule has 1 atom stereocenters. The minimum atomic E-state index is -3.81. The Balaban J connectivity index is 1.34. The molecule has 2 aromatic rings. The second-order valence-electron chi connectivity index (χ2n) is 7.66. The molecule has 0 aliphatic carbocycles. The molecule has 2 aromatic carbocycles. The van der Waals surface area contributed by atoms with E-state index in [2.05, 4.69) is 4.72 Å². The summed E-state index contributed by atoms with van der Waals surface area (Å²) in [4.78, 5) is 14.0. The fourth-order valence-corrected chi connectivity index (χ4v) is 5.38. The number of carbonyl (C=O) groups is 1. The van der Waals surface area contributed by atoms with Crippen molar-refractivity contribution in [1.82, 2.24) is 4.72 Å². The Kier molecular flexibility index (Phi) is 4.68. The number of amides is 1. The van der Waals surface area contributed by atoms with Crippen molar-refractivity contribution in [2.45, 2.75) is 30.3 Å². The molecule has 1 amide bonds. The van der Waals surface area contributed by atoms with E-state index in [4.69, 9.17) is 9.47 Å². The summed E-state index contributed by atoms with van der Waals surface area (Å²) in [6, 6.07) is 8.34. The molecule has 0 aromatic heterocycles. The molecule has 2 N–H and O–H groups in total. The highest BCUT2D eigenvalue weighted by Gasteiger charge is 2.33. The van der Waals surface area contributed by atoms with Crippen LogP contribution in [0, 0.1) is 0 Å². The average Bonchev–Trinajstić information content (AvgIpc) is 3.20. The zero-order valence-electron chi connectivity index (χ0n) is 16.3. The van der Waals surface area contributed by atoms with Gasteiger partial charge in [-0.1, -0.05) is 6.07 Å². The lowest BCUT2D eigenvalue weighted by atomic mass is 10.00. The first kappa shape index (κ1) is 19.3. The van der Waals surface area contributed by atoms with Crippen LogP contribution in [-0.4, -0.2) is 45.7 Å². The molecular formula is C21H22N2O6S. The van der Waals surface area contributed by atoms with E-state index < -0.39 is 16.1 Å². The van der Waals surface area contributed by atoms with Gasteiger partial charge in [-0.3, -0.25) is 4.79 Å². The van der Waals surface area contributed by atoms with Crippen LogP contribution in [0.1, 0.15) is 29.2 Å². The Morgan fingerprint density at radius 1 is 1.03 bits per heavy atom. The third-order valence-corrected chi connectivity index (χ3v) is 7.16. The highest BCUT2D eigenvalue weighted by molar-refractivity contribution is 7.89. The Hall–Kier alpha value is -2.62. The molecule has 0 fully saturated rings. The van der Waals surface area contributed by atoms with Crippen LogP contribution in [0.15, 0.2) is 35.2 Å². The molecule has 0 radical (unpaired) electrons. The van der Waals surface area contributed by atoms with Crippen molar-refractivity contribution in [3.8, 4) is 11.5 Å². The summed E-state index contributed by atoms with van der Waals surface area (Å²) in [5.74, 6) is 1.24. The van der Waals surface area contributed by atoms with Gasteiger partial charge in [-0.2, -0.15) is 0 Å². The maximum atomic E-state index is 12.9. The first-order chi connectivity index (χ1) is 14.4. The number of hydrogen-bond donors (Lipinski definition) is 2. The molecule has 0 bridgehead atoms. The smallest absolute Gasteiger partial charge is 0.240 e. The van der Waals surface area contributed by atoms with Gasteiger partial charge in [0.25, 0.3) is 0 Å². The van der Waals surface area contributed by atoms with E-state index in [9.17, 15) is 18.3 Å². The standard InChI is InChI=1S/C21H22N2O6S/c24-17(13-1-3-18-19(11-13)29-8-7-28-18)12-22-30(26,27)16-9-14-2-4-20(25)23-6-5-15(10-16)21(14)23/h1,3,9-11,17,22,24H,2,4-8,12H2. The molecule has 3 heterocycles. The highest BCUT2D eigenvalue weighted by Crippen LogP contribution is 2.38. The fourth-order valence-electron chi connectivity index (χ4n) is 4.24. The van der Waals surface area contributed by atoms with Gasteiger partial charge < -0.3 is 19.5 Å². The largest absolute Gasteiger partial charge is 0.486 e. The van der Waals surface area contributed by atoms with Crippen LogP contribution in [0.4, 0.5) is 5.69 Å². The molecule has 8 nitrogen and oxygen atoms in total. The number of nitrogens with zero attached hydrogens (tertiary/aromatic N) is 1. The number of fused-ring (bicyclic) bond motifs is 1. The highest BCUT2D eigenvalue weighted by atomic mass is 32.2. The molecule has 0 saturated heterocycles. The minimum absolute atomic E-state index is 0.0949. The van der Waals surface area contributed by atoms with Crippen molar-refractivity contribution in [3.05, 3.63) is 47.0 Å². The minimum Gasteiger partial charge on any atom is -0.486 e. The Bertz CT molecular complexity index is 1130. The monoisotopic (exact) mass is 430 g/mol. The van der Waals surface area contributed by atoms with E-state index in [1.165, 1.54) is 0 Å². The normalized spacial score (nSPS) is 18.3. The van der Waals surface area contributed by atoms with Crippen LogP contribution >= 0.6 is 0 Å². The van der Waals surface area contributed by atoms with Crippen molar-refractivity contribution in [3.63, 3.8) is 0 Å². The quantitative estimate of drug-likeness (QED) is 0.741. The first-order valence-electron chi connectivity index (χ1n) is 9.96. The van der Waals surface area contributed by atoms with Crippen LogP contribution in [0.3, 0.4) is 0 Å². The third kappa shape index (κ3) is 3.32. The second kappa shape index (κ2) is 7.26. The summed E-state index contributed by atoms with van der Waals surface area (Å²) in [5, 5.41) is 10.5. The van der Waals surface area contributed by atoms with Crippen LogP contribution in [0.2, 0.25) is 0 Å². The third-order valence-electron chi connectivity index (χ3n) is 5.75. The maximum absolute atomic E-state index is 12.9. The van der Waals surface area contributed by atoms with Gasteiger partial charge in [0, 0.05) is 19.5 Å². The number of aliphatic hydroxyl groups is 1. The molecule has 158 valence electrons. The first-order valence-corrected chi connectivity index (χ1v) is 11.4. The van der Waals surface area contributed by atoms with E-state index in [0.29, 0.717) is 56.1 Å². The number of ether oxygens (including phenoxy) is 2. The van der Waals surface area contributed by atoms with Gasteiger partial charge in [0.1, 0.15) is 13.2 Å². The van der Waals surface area contributed by atoms with Gasteiger partial charge >= 0.3 is 0 Å². The molecule has 3 aliphatic rings. The number of anilines is 1. The molecule has 9 heteroatoms. The van der Waals surface area contributed by atoms with E-state index in [0.717, 1.165) is 16.8 Å². The van der Waals surface area contributed by atoms with E-state index in [-0.39, 0.29) is 17.3 Å². The summed E-state index contributed by atoms with van der Waals surface area (Å²) >= 11 is 0. The number of rotatable bonds is 5. The number of carbonyl (C=O) groups excluding carboxylic acids is 1. The number of hydrogen-bond acceptors (Lipinski definition) is 6. The number of aryl methyl sites for hydroxylation is 1. The number of aliphatic hydroxyl groups excluding tert-OH is 1. The summed E-state index contributed by atoms with van der Waals surface area (Å²) in [5.41, 5.74) is 3.19. The molecule has 5 rings (SSSR count). The van der Waals surface area contributed by atoms with Crippen LogP contribution < -0.4 is 19.1 Å². The predicted octanol–water partition coefficient (Wildman–Crippen LogP) is 1.30. The van der Waals surface area contributed by atoms with Crippen LogP contribution in [0.25, 0.3) is 0 Å². The lowest BCUT2D eigenvalue weighted by Gasteiger charge is -2.25. The topological polar surface area (TPSA) is 105 Å². The summed E-state index contributed by atoms with van der Waals surface area (Å²) in [7, 11) is -3.81. The fraction of sp³-hybridized carbons (Fsp3) is 0.381. The number of sulfonamides is 1. The molecular weight excluding hydrogens is 408 g/mol. The van der Waals surface area contributed by atoms with Gasteiger partial charge in [0.2, 0.25) is 15.9 Å². The Morgan fingerprint density at radius 2 is 1.77 bits per heavy atom. The molecule has 30 heavy (non-hydrogen) atoms. The lowest BCUT2D eigenvalue weighted by Crippen LogP contribution is -2.33. The van der Waals surface area contributed by atoms with E-state index >= 15 is 0 Å². The zero-order valence-corrected chi connectivity index (χ0v) is 17.1. The summed E-state index contributed by atoms with van der Waals surface area (Å²) in [6.45, 7) is 1.34. The molecule has 0 saturated carbocycles. The second-order valence-corrected chi connectivity index (χ2v) is 9.42. The van der Waals surface area contributed by atoms with Crippen molar-refractivity contribution in [2.75, 3.05) is 31.2 Å². The average molecular weight is 430 g/mol. The zero-order chi connectivity index (χ0) is 20.9. The van der Waals surface area contributed by atoms with Gasteiger partial charge in [-0.05, 0) is 53.8 Å². The summed E-state index contributed by atoms with van der Waals surface area (Å²) in [6.07, 6.45) is 0.557. The summed E-state index contributed by atoms with van der Waals surface area (Å²) < 4.78 is 39.3. The Morgan fingerprint density at radius 3 is 2.57 bits per heavy atom. The predicted molar refractivity (Wildman–Crippen MR) is 108 cm³/mol. The number of benzene rings is 2. The Labute approximate surface area is 174 Å². The van der Waals surface area contributed by atoms with Gasteiger partial charge in [0.15, 0.2) is 11.5 Å². The van der Waals surface area contributed by atoms with Gasteiger partial charge in [-0.25, -0.2) is 13.1 Å². The molecule has 1 unspecified atom stereocenters. The maximum Gasteiger partial charge on any atom is 0.240 e. The van der Waals surface area contributed by atoms with E-state index in [1.807, 2.05) is 0 Å². The SMILES string of the molecule is O=C1CCc2cc(S(=O)(=O)NCC(O)c3ccc4c(c3)OCCO4)cc3c2N1CC3. The lowest BCUT2D eigenvalue weighted by molar-refractivity contribution is -0.118. The molecule has 3 aliphatic heterocycles. The van der Waals surface area contributed by atoms with Crippen molar-refractivity contribution < 1.29 is 27.8 Å². The van der Waals surface area contributed by atoms with Gasteiger partial charge in [-0.15, -0.1) is 0 Å².